The number of nitrogens with one attached hydrogen (secondary N) is 1. The Kier molecular flexibility index (Phi) is 6.09. The van der Waals surface area contributed by atoms with Gasteiger partial charge < -0.3 is 19.9 Å². The zero-order valence-corrected chi connectivity index (χ0v) is 16.9. The number of carbonyl (C=O) groups excluding carboxylic acids is 2. The third-order valence-electron chi connectivity index (χ3n) is 5.62. The van der Waals surface area contributed by atoms with Crippen LogP contribution in [0.5, 0.6) is 0 Å². The molecule has 0 bridgehead atoms. The van der Waals surface area contributed by atoms with Crippen LogP contribution in [0.1, 0.15) is 50.3 Å². The van der Waals surface area contributed by atoms with E-state index >= 15 is 0 Å². The van der Waals surface area contributed by atoms with Gasteiger partial charge in [0.1, 0.15) is 5.82 Å². The van der Waals surface area contributed by atoms with Gasteiger partial charge in [-0.3, -0.25) is 9.59 Å². The first-order valence-electron chi connectivity index (χ1n) is 10.2. The molecule has 0 radical (unpaired) electrons. The Morgan fingerprint density at radius 2 is 2.07 bits per heavy atom. The second-order valence-electron chi connectivity index (χ2n) is 7.56. The second-order valence-corrected chi connectivity index (χ2v) is 8.29. The van der Waals surface area contributed by atoms with Gasteiger partial charge in [0.05, 0.1) is 18.4 Å². The zero-order valence-electron chi connectivity index (χ0n) is 16.1. The summed E-state index contributed by atoms with van der Waals surface area (Å²) in [7, 11) is 0. The van der Waals surface area contributed by atoms with E-state index in [9.17, 15) is 9.59 Å². The summed E-state index contributed by atoms with van der Waals surface area (Å²) >= 11 is 1.42. The Balaban J connectivity index is 1.46. The van der Waals surface area contributed by atoms with Gasteiger partial charge in [0.25, 0.3) is 5.91 Å². The molecule has 3 heterocycles. The standard InChI is InChI=1S/C19H27N5O3S/c25-16-6-8-23(18(26)15-5-2-12-27-13-15)10-11-24(9-7-20-16)19-21-17(22-28-19)14-3-1-4-14/h13-14H,1-12H2,(H,20,25). The van der Waals surface area contributed by atoms with Crippen LogP contribution in [-0.4, -0.2) is 65.4 Å². The molecule has 9 heteroatoms. The van der Waals surface area contributed by atoms with E-state index in [1.165, 1.54) is 30.8 Å². The van der Waals surface area contributed by atoms with Crippen LogP contribution in [0.2, 0.25) is 0 Å². The van der Waals surface area contributed by atoms with Crippen LogP contribution in [-0.2, 0) is 14.3 Å². The van der Waals surface area contributed by atoms with Gasteiger partial charge in [0.15, 0.2) is 0 Å². The maximum atomic E-state index is 12.9. The summed E-state index contributed by atoms with van der Waals surface area (Å²) in [5.41, 5.74) is 0.693. The fraction of sp³-hybridized carbons (Fsp3) is 0.684. The van der Waals surface area contributed by atoms with Gasteiger partial charge in [-0.05, 0) is 25.7 Å². The van der Waals surface area contributed by atoms with Gasteiger partial charge in [0, 0.05) is 56.6 Å². The van der Waals surface area contributed by atoms with Crippen LogP contribution in [0.25, 0.3) is 0 Å². The maximum Gasteiger partial charge on any atom is 0.252 e. The van der Waals surface area contributed by atoms with Crippen LogP contribution in [0.15, 0.2) is 11.8 Å². The van der Waals surface area contributed by atoms with E-state index in [-0.39, 0.29) is 11.8 Å². The summed E-state index contributed by atoms with van der Waals surface area (Å²) in [4.78, 5) is 33.7. The van der Waals surface area contributed by atoms with Crippen molar-refractivity contribution in [1.82, 2.24) is 19.6 Å². The lowest BCUT2D eigenvalue weighted by Crippen LogP contribution is -2.45. The number of carbonyl (C=O) groups is 2. The Bertz CT molecular complexity index is 746. The molecule has 0 atom stereocenters. The Morgan fingerprint density at radius 3 is 2.82 bits per heavy atom. The fourth-order valence-electron chi connectivity index (χ4n) is 3.63. The molecular weight excluding hydrogens is 378 g/mol. The number of rotatable bonds is 3. The summed E-state index contributed by atoms with van der Waals surface area (Å²) < 4.78 is 9.88. The quantitative estimate of drug-likeness (QED) is 0.823. The molecular formula is C19H27N5O3S. The molecule has 1 aromatic heterocycles. The molecule has 0 spiro atoms. The van der Waals surface area contributed by atoms with Crippen molar-refractivity contribution >= 4 is 28.5 Å². The molecule has 2 aliphatic heterocycles. The van der Waals surface area contributed by atoms with Crippen molar-refractivity contribution < 1.29 is 14.3 Å². The molecule has 1 saturated carbocycles. The first kappa shape index (κ1) is 19.2. The van der Waals surface area contributed by atoms with Gasteiger partial charge in [-0.1, -0.05) is 6.42 Å². The average Bonchev–Trinajstić information content (AvgIpc) is 3.14. The number of nitrogens with zero attached hydrogens (tertiary/aromatic N) is 4. The predicted octanol–water partition coefficient (Wildman–Crippen LogP) is 1.65. The lowest BCUT2D eigenvalue weighted by Gasteiger charge is -2.30. The molecule has 0 aromatic carbocycles. The van der Waals surface area contributed by atoms with E-state index in [0.29, 0.717) is 57.2 Å². The molecule has 2 fully saturated rings. The molecule has 1 aliphatic carbocycles. The fourth-order valence-corrected chi connectivity index (χ4v) is 4.42. The van der Waals surface area contributed by atoms with Crippen molar-refractivity contribution in [3.05, 3.63) is 17.7 Å². The number of anilines is 1. The highest BCUT2D eigenvalue weighted by atomic mass is 32.1. The highest BCUT2D eigenvalue weighted by molar-refractivity contribution is 7.09. The number of hydrogen-bond donors (Lipinski definition) is 1. The van der Waals surface area contributed by atoms with Crippen molar-refractivity contribution in [3.63, 3.8) is 0 Å². The third kappa shape index (κ3) is 4.45. The van der Waals surface area contributed by atoms with Crippen molar-refractivity contribution in [1.29, 1.82) is 0 Å². The molecule has 2 amide bonds. The first-order valence-corrected chi connectivity index (χ1v) is 10.9. The van der Waals surface area contributed by atoms with Gasteiger partial charge >= 0.3 is 0 Å². The van der Waals surface area contributed by atoms with E-state index in [1.807, 2.05) is 0 Å². The van der Waals surface area contributed by atoms with Crippen molar-refractivity contribution in [2.45, 2.75) is 44.4 Å². The Hall–Kier alpha value is -2.16. The highest BCUT2D eigenvalue weighted by Crippen LogP contribution is 2.36. The number of hydrogen-bond acceptors (Lipinski definition) is 7. The molecule has 1 N–H and O–H groups in total. The molecule has 8 nitrogen and oxygen atoms in total. The Labute approximate surface area is 169 Å². The van der Waals surface area contributed by atoms with Crippen molar-refractivity contribution in [2.24, 2.45) is 0 Å². The maximum absolute atomic E-state index is 12.9. The summed E-state index contributed by atoms with van der Waals surface area (Å²) in [6, 6.07) is 0. The van der Waals surface area contributed by atoms with Gasteiger partial charge in [0.2, 0.25) is 11.0 Å². The Morgan fingerprint density at radius 1 is 1.18 bits per heavy atom. The van der Waals surface area contributed by atoms with E-state index in [0.717, 1.165) is 23.8 Å². The predicted molar refractivity (Wildman–Crippen MR) is 106 cm³/mol. The first-order chi connectivity index (χ1) is 13.7. The third-order valence-corrected chi connectivity index (χ3v) is 6.41. The molecule has 4 rings (SSSR count). The second kappa shape index (κ2) is 8.89. The minimum Gasteiger partial charge on any atom is -0.501 e. The van der Waals surface area contributed by atoms with Crippen molar-refractivity contribution in [2.75, 3.05) is 44.2 Å². The van der Waals surface area contributed by atoms with Gasteiger partial charge in [-0.2, -0.15) is 4.37 Å². The minimum absolute atomic E-state index is 0.0269. The number of amides is 2. The summed E-state index contributed by atoms with van der Waals surface area (Å²) in [5.74, 6) is 1.40. The molecule has 152 valence electrons. The largest absolute Gasteiger partial charge is 0.501 e. The molecule has 1 aromatic rings. The van der Waals surface area contributed by atoms with Crippen LogP contribution in [0, 0.1) is 0 Å². The number of ether oxygens (including phenoxy) is 1. The smallest absolute Gasteiger partial charge is 0.252 e. The van der Waals surface area contributed by atoms with E-state index in [4.69, 9.17) is 9.72 Å². The highest BCUT2D eigenvalue weighted by Gasteiger charge is 2.26. The topological polar surface area (TPSA) is 87.7 Å². The number of aromatic nitrogens is 2. The van der Waals surface area contributed by atoms with E-state index in [2.05, 4.69) is 14.6 Å². The molecule has 3 aliphatic rings. The molecule has 0 unspecified atom stereocenters. The lowest BCUT2D eigenvalue weighted by atomic mass is 9.85. The summed E-state index contributed by atoms with van der Waals surface area (Å²) in [6.45, 7) is 3.55. The SMILES string of the molecule is O=C1CCN(C(=O)C2=COCCC2)CCN(c2nc(C3CCC3)ns2)CCN1. The van der Waals surface area contributed by atoms with Gasteiger partial charge in [-0.15, -0.1) is 0 Å². The van der Waals surface area contributed by atoms with E-state index in [1.54, 1.807) is 11.2 Å². The normalized spacial score (nSPS) is 22.0. The lowest BCUT2D eigenvalue weighted by molar-refractivity contribution is -0.128. The van der Waals surface area contributed by atoms with Crippen LogP contribution < -0.4 is 10.2 Å². The zero-order chi connectivity index (χ0) is 19.3. The van der Waals surface area contributed by atoms with Gasteiger partial charge in [-0.25, -0.2) is 4.98 Å². The summed E-state index contributed by atoms with van der Waals surface area (Å²) in [5, 5.41) is 3.82. The monoisotopic (exact) mass is 405 g/mol. The van der Waals surface area contributed by atoms with E-state index < -0.39 is 0 Å². The summed E-state index contributed by atoms with van der Waals surface area (Å²) in [6.07, 6.45) is 7.09. The van der Waals surface area contributed by atoms with Crippen molar-refractivity contribution in [3.8, 4) is 0 Å². The average molecular weight is 406 g/mol. The molecule has 1 saturated heterocycles. The van der Waals surface area contributed by atoms with Crippen LogP contribution in [0.3, 0.4) is 0 Å². The van der Waals surface area contributed by atoms with Crippen LogP contribution in [0.4, 0.5) is 5.13 Å². The molecule has 28 heavy (non-hydrogen) atoms. The van der Waals surface area contributed by atoms with Crippen LogP contribution >= 0.6 is 11.5 Å². The minimum atomic E-state index is -0.0274.